The van der Waals surface area contributed by atoms with Crippen LogP contribution < -0.4 is 4.31 Å². The lowest BCUT2D eigenvalue weighted by molar-refractivity contribution is 0.588. The van der Waals surface area contributed by atoms with E-state index in [4.69, 9.17) is 0 Å². The van der Waals surface area contributed by atoms with Crippen molar-refractivity contribution in [1.82, 2.24) is 0 Å². The van der Waals surface area contributed by atoms with E-state index < -0.39 is 10.0 Å². The van der Waals surface area contributed by atoms with Crippen molar-refractivity contribution in [2.24, 2.45) is 0 Å². The first-order valence-electron chi connectivity index (χ1n) is 6.35. The number of hydrogen-bond acceptors (Lipinski definition) is 3. The fourth-order valence-electron chi connectivity index (χ4n) is 2.51. The lowest BCUT2D eigenvalue weighted by atomic mass is 10.0. The number of anilines is 1. The normalized spacial score (nSPS) is 15.2. The minimum atomic E-state index is -3.47. The van der Waals surface area contributed by atoms with Crippen LogP contribution in [0.1, 0.15) is 17.5 Å². The average Bonchev–Trinajstić information content (AvgIpc) is 2.84. The fourth-order valence-corrected chi connectivity index (χ4v) is 6.46. The van der Waals surface area contributed by atoms with Gasteiger partial charge in [0, 0.05) is 11.0 Å². The quantitative estimate of drug-likeness (QED) is 0.800. The molecule has 0 radical (unpaired) electrons. The SMILES string of the molecule is Cc1ccc2c(c1)CCCN2S(=O)(=O)c1sccc1Br. The largest absolute Gasteiger partial charge is 0.274 e. The van der Waals surface area contributed by atoms with Crippen LogP contribution in [0.2, 0.25) is 0 Å². The molecule has 0 bridgehead atoms. The Morgan fingerprint density at radius 3 is 2.80 bits per heavy atom. The maximum absolute atomic E-state index is 12.8. The smallest absolute Gasteiger partial charge is 0.265 e. The first-order valence-corrected chi connectivity index (χ1v) is 9.46. The summed E-state index contributed by atoms with van der Waals surface area (Å²) in [6.07, 6.45) is 1.80. The van der Waals surface area contributed by atoms with Crippen LogP contribution in [0.3, 0.4) is 0 Å². The molecule has 1 aliphatic heterocycles. The number of thiophene rings is 1. The average molecular weight is 372 g/mol. The minimum absolute atomic E-state index is 0.380. The lowest BCUT2D eigenvalue weighted by Crippen LogP contribution is -2.35. The first kappa shape index (κ1) is 14.1. The number of hydrogen-bond donors (Lipinski definition) is 0. The van der Waals surface area contributed by atoms with Gasteiger partial charge in [0.05, 0.1) is 5.69 Å². The van der Waals surface area contributed by atoms with Crippen molar-refractivity contribution in [2.45, 2.75) is 24.0 Å². The minimum Gasteiger partial charge on any atom is -0.265 e. The fraction of sp³-hybridized carbons (Fsp3) is 0.286. The number of rotatable bonds is 2. The van der Waals surface area contributed by atoms with E-state index >= 15 is 0 Å². The molecule has 0 aliphatic carbocycles. The summed E-state index contributed by atoms with van der Waals surface area (Å²) in [5, 5.41) is 1.79. The van der Waals surface area contributed by atoms with Crippen molar-refractivity contribution in [2.75, 3.05) is 10.8 Å². The molecular formula is C14H14BrNO2S2. The Morgan fingerprint density at radius 1 is 1.30 bits per heavy atom. The highest BCUT2D eigenvalue weighted by Gasteiger charge is 2.31. The highest BCUT2D eigenvalue weighted by atomic mass is 79.9. The Bertz CT molecular complexity index is 752. The molecule has 1 aromatic heterocycles. The molecule has 0 spiro atoms. The van der Waals surface area contributed by atoms with Crippen LogP contribution in [0.5, 0.6) is 0 Å². The molecule has 0 amide bonds. The van der Waals surface area contributed by atoms with Crippen LogP contribution in [0.25, 0.3) is 0 Å². The standard InChI is InChI=1S/C14H14BrNO2S2/c1-10-4-5-13-11(9-10)3-2-7-16(13)20(17,18)14-12(15)6-8-19-14/h4-6,8-9H,2-3,7H2,1H3. The third-order valence-corrected chi connectivity index (χ3v) is 7.88. The van der Waals surface area contributed by atoms with E-state index in [1.165, 1.54) is 16.9 Å². The van der Waals surface area contributed by atoms with Gasteiger partial charge in [-0.1, -0.05) is 17.7 Å². The van der Waals surface area contributed by atoms with Crippen molar-refractivity contribution in [1.29, 1.82) is 0 Å². The second-order valence-corrected chi connectivity index (χ2v) is 8.70. The van der Waals surface area contributed by atoms with Crippen molar-refractivity contribution in [3.05, 3.63) is 45.2 Å². The zero-order valence-corrected chi connectivity index (χ0v) is 14.2. The molecule has 1 aromatic carbocycles. The van der Waals surface area contributed by atoms with Crippen LogP contribution in [0, 0.1) is 6.92 Å². The van der Waals surface area contributed by atoms with Crippen LogP contribution in [0.4, 0.5) is 5.69 Å². The van der Waals surface area contributed by atoms with Crippen LogP contribution in [-0.2, 0) is 16.4 Å². The molecular weight excluding hydrogens is 358 g/mol. The molecule has 0 saturated carbocycles. The van der Waals surface area contributed by atoms with Gasteiger partial charge in [-0.25, -0.2) is 8.42 Å². The van der Waals surface area contributed by atoms with E-state index in [9.17, 15) is 8.42 Å². The summed E-state index contributed by atoms with van der Waals surface area (Å²) in [7, 11) is -3.47. The Kier molecular flexibility index (Phi) is 3.64. The third-order valence-electron chi connectivity index (χ3n) is 3.42. The summed E-state index contributed by atoms with van der Waals surface area (Å²) < 4.78 is 28.2. The topological polar surface area (TPSA) is 37.4 Å². The van der Waals surface area contributed by atoms with Crippen molar-refractivity contribution >= 4 is 43.0 Å². The van der Waals surface area contributed by atoms with E-state index in [0.29, 0.717) is 15.2 Å². The van der Waals surface area contributed by atoms with Gasteiger partial charge >= 0.3 is 0 Å². The predicted octanol–water partition coefficient (Wildman–Crippen LogP) is 3.96. The Labute approximate surface area is 131 Å². The third kappa shape index (κ3) is 2.29. The molecule has 6 heteroatoms. The zero-order chi connectivity index (χ0) is 14.3. The van der Waals surface area contributed by atoms with Gasteiger partial charge in [0.1, 0.15) is 0 Å². The van der Waals surface area contributed by atoms with E-state index in [-0.39, 0.29) is 0 Å². The second kappa shape index (κ2) is 5.16. The molecule has 0 unspecified atom stereocenters. The highest BCUT2D eigenvalue weighted by molar-refractivity contribution is 9.10. The molecule has 0 saturated heterocycles. The highest BCUT2D eigenvalue weighted by Crippen LogP contribution is 2.36. The maximum atomic E-state index is 12.8. The van der Waals surface area contributed by atoms with Crippen LogP contribution in [-0.4, -0.2) is 15.0 Å². The number of fused-ring (bicyclic) bond motifs is 1. The number of sulfonamides is 1. The Balaban J connectivity index is 2.11. The molecule has 2 heterocycles. The number of nitrogens with zero attached hydrogens (tertiary/aromatic N) is 1. The van der Waals surface area contributed by atoms with E-state index in [0.717, 1.165) is 24.1 Å². The van der Waals surface area contributed by atoms with Gasteiger partial charge in [0.2, 0.25) is 0 Å². The van der Waals surface area contributed by atoms with Crippen molar-refractivity contribution in [3.8, 4) is 0 Å². The molecule has 1 aliphatic rings. The summed E-state index contributed by atoms with van der Waals surface area (Å²) >= 11 is 4.58. The molecule has 3 rings (SSSR count). The molecule has 3 nitrogen and oxygen atoms in total. The van der Waals surface area contributed by atoms with Gasteiger partial charge in [-0.3, -0.25) is 4.31 Å². The van der Waals surface area contributed by atoms with Gasteiger partial charge in [-0.2, -0.15) is 0 Å². The van der Waals surface area contributed by atoms with Gasteiger partial charge in [0.25, 0.3) is 10.0 Å². The van der Waals surface area contributed by atoms with Crippen molar-refractivity contribution < 1.29 is 8.42 Å². The molecule has 20 heavy (non-hydrogen) atoms. The lowest BCUT2D eigenvalue weighted by Gasteiger charge is -2.30. The van der Waals surface area contributed by atoms with E-state index in [1.807, 2.05) is 19.1 Å². The molecule has 0 N–H and O–H groups in total. The number of aryl methyl sites for hydroxylation is 2. The molecule has 2 aromatic rings. The summed E-state index contributed by atoms with van der Waals surface area (Å²) in [6, 6.07) is 7.75. The second-order valence-electron chi connectivity index (χ2n) is 4.87. The maximum Gasteiger partial charge on any atom is 0.274 e. The molecule has 106 valence electrons. The first-order chi connectivity index (χ1) is 9.50. The Morgan fingerprint density at radius 2 is 2.10 bits per heavy atom. The monoisotopic (exact) mass is 371 g/mol. The van der Waals surface area contributed by atoms with E-state index in [1.54, 1.807) is 15.8 Å². The zero-order valence-electron chi connectivity index (χ0n) is 11.0. The molecule has 0 fully saturated rings. The summed E-state index contributed by atoms with van der Waals surface area (Å²) in [5.41, 5.74) is 3.11. The van der Waals surface area contributed by atoms with Gasteiger partial charge in [0.15, 0.2) is 4.21 Å². The summed E-state index contributed by atoms with van der Waals surface area (Å²) in [4.78, 5) is 0. The summed E-state index contributed by atoms with van der Waals surface area (Å²) in [5.74, 6) is 0. The van der Waals surface area contributed by atoms with Crippen molar-refractivity contribution in [3.63, 3.8) is 0 Å². The van der Waals surface area contributed by atoms with Crippen LogP contribution >= 0.6 is 27.3 Å². The predicted molar refractivity (Wildman–Crippen MR) is 86.1 cm³/mol. The molecule has 0 atom stereocenters. The van der Waals surface area contributed by atoms with E-state index in [2.05, 4.69) is 22.0 Å². The van der Waals surface area contributed by atoms with Crippen LogP contribution in [0.15, 0.2) is 38.3 Å². The number of halogens is 1. The number of benzene rings is 1. The summed E-state index contributed by atoms with van der Waals surface area (Å²) in [6.45, 7) is 2.58. The Hall–Kier alpha value is -0.850. The van der Waals surface area contributed by atoms with Gasteiger partial charge in [-0.15, -0.1) is 11.3 Å². The van der Waals surface area contributed by atoms with Gasteiger partial charge in [-0.05, 0) is 58.8 Å². The van der Waals surface area contributed by atoms with Gasteiger partial charge < -0.3 is 0 Å².